The molecule has 0 radical (unpaired) electrons. The number of aromatic amines is 1. The van der Waals surface area contributed by atoms with Crippen molar-refractivity contribution in [2.24, 2.45) is 0 Å². The fourth-order valence-electron chi connectivity index (χ4n) is 3.94. The predicted molar refractivity (Wildman–Crippen MR) is 105 cm³/mol. The van der Waals surface area contributed by atoms with Gasteiger partial charge in [-0.1, -0.05) is 13.3 Å². The minimum Gasteiger partial charge on any atom is -0.475 e. The summed E-state index contributed by atoms with van der Waals surface area (Å²) >= 11 is 0. The monoisotopic (exact) mass is 504 g/mol. The highest BCUT2D eigenvalue weighted by atomic mass is 19.4. The first kappa shape index (κ1) is 29.2. The Morgan fingerprint density at radius 3 is 1.97 bits per heavy atom. The van der Waals surface area contributed by atoms with Gasteiger partial charge < -0.3 is 15.1 Å². The number of carboxylic acids is 2. The Kier molecular flexibility index (Phi) is 10.3. The predicted octanol–water partition coefficient (Wildman–Crippen LogP) is 3.16. The SMILES string of the molecule is CCN1CCCCC12CCCN(C(=O)c1ccn[nH]1)C2.O=C(O)C(F)(F)F.O=C(O)C(F)(F)F. The number of nitrogens with zero attached hydrogens (tertiary/aromatic N) is 3. The second-order valence-electron chi connectivity index (χ2n) is 7.67. The fraction of sp³-hybridized carbons (Fsp3) is 0.684. The van der Waals surface area contributed by atoms with Gasteiger partial charge in [0, 0.05) is 24.8 Å². The molecule has 2 aliphatic heterocycles. The van der Waals surface area contributed by atoms with Crippen molar-refractivity contribution in [1.29, 1.82) is 0 Å². The van der Waals surface area contributed by atoms with Crippen LogP contribution in [-0.4, -0.2) is 92.1 Å². The summed E-state index contributed by atoms with van der Waals surface area (Å²) in [5.41, 5.74) is 0.835. The highest BCUT2D eigenvalue weighted by Gasteiger charge is 2.43. The van der Waals surface area contributed by atoms with Gasteiger partial charge in [0.25, 0.3) is 5.91 Å². The number of halogens is 6. The summed E-state index contributed by atoms with van der Waals surface area (Å²) in [6.45, 7) is 6.26. The van der Waals surface area contributed by atoms with E-state index in [1.54, 1.807) is 12.3 Å². The molecule has 1 atom stereocenters. The van der Waals surface area contributed by atoms with Crippen molar-refractivity contribution in [1.82, 2.24) is 20.0 Å². The van der Waals surface area contributed by atoms with E-state index in [1.807, 2.05) is 4.90 Å². The third-order valence-corrected chi connectivity index (χ3v) is 5.43. The lowest BCUT2D eigenvalue weighted by Gasteiger charge is -2.52. The molecule has 0 aromatic carbocycles. The number of hydrogen-bond acceptors (Lipinski definition) is 5. The highest BCUT2D eigenvalue weighted by Crippen LogP contribution is 2.36. The molecule has 2 fully saturated rings. The number of likely N-dealkylation sites (tertiary alicyclic amines) is 2. The molecule has 3 rings (SSSR count). The van der Waals surface area contributed by atoms with E-state index in [1.165, 1.54) is 32.2 Å². The van der Waals surface area contributed by atoms with Gasteiger partial charge in [-0.3, -0.25) is 14.8 Å². The van der Waals surface area contributed by atoms with E-state index in [0.717, 1.165) is 26.1 Å². The fourth-order valence-corrected chi connectivity index (χ4v) is 3.94. The Bertz CT molecular complexity index is 787. The third-order valence-electron chi connectivity index (χ3n) is 5.43. The van der Waals surface area contributed by atoms with Gasteiger partial charge in [0.2, 0.25) is 0 Å². The molecule has 0 bridgehead atoms. The molecule has 3 N–H and O–H groups in total. The van der Waals surface area contributed by atoms with E-state index in [-0.39, 0.29) is 11.4 Å². The van der Waals surface area contributed by atoms with E-state index < -0.39 is 24.3 Å². The maximum atomic E-state index is 12.5. The number of carbonyl (C=O) groups is 3. The van der Waals surface area contributed by atoms with Gasteiger partial charge in [-0.05, 0) is 44.8 Å². The smallest absolute Gasteiger partial charge is 0.475 e. The molecule has 34 heavy (non-hydrogen) atoms. The average Bonchev–Trinajstić information content (AvgIpc) is 3.28. The summed E-state index contributed by atoms with van der Waals surface area (Å²) in [5, 5.41) is 20.9. The lowest BCUT2D eigenvalue weighted by molar-refractivity contribution is -0.193. The molecule has 9 nitrogen and oxygen atoms in total. The first-order valence-electron chi connectivity index (χ1n) is 10.3. The molecule has 1 aromatic heterocycles. The van der Waals surface area contributed by atoms with Crippen LogP contribution in [0, 0.1) is 0 Å². The zero-order valence-electron chi connectivity index (χ0n) is 18.2. The number of rotatable bonds is 2. The molecule has 3 heterocycles. The molecule has 1 amide bonds. The Morgan fingerprint density at radius 2 is 1.53 bits per heavy atom. The second kappa shape index (κ2) is 12.0. The molecule has 15 heteroatoms. The van der Waals surface area contributed by atoms with Crippen molar-refractivity contribution in [2.45, 2.75) is 56.9 Å². The van der Waals surface area contributed by atoms with E-state index in [2.05, 4.69) is 22.0 Å². The van der Waals surface area contributed by atoms with E-state index >= 15 is 0 Å². The molecule has 1 spiro atoms. The van der Waals surface area contributed by atoms with Crippen molar-refractivity contribution in [3.05, 3.63) is 18.0 Å². The molecule has 194 valence electrons. The van der Waals surface area contributed by atoms with Gasteiger partial charge in [0.15, 0.2) is 0 Å². The van der Waals surface area contributed by atoms with Crippen LogP contribution in [0.1, 0.15) is 49.5 Å². The molecule has 2 aliphatic rings. The second-order valence-corrected chi connectivity index (χ2v) is 7.67. The van der Waals surface area contributed by atoms with Crippen LogP contribution in [0.25, 0.3) is 0 Å². The quantitative estimate of drug-likeness (QED) is 0.528. The number of nitrogens with one attached hydrogen (secondary N) is 1. The molecular weight excluding hydrogens is 478 g/mol. The van der Waals surface area contributed by atoms with Crippen LogP contribution in [0.15, 0.2) is 12.3 Å². The molecule has 1 unspecified atom stereocenters. The summed E-state index contributed by atoms with van der Waals surface area (Å²) < 4.78 is 63.5. The number of H-pyrrole nitrogens is 1. The average molecular weight is 504 g/mol. The van der Waals surface area contributed by atoms with Gasteiger partial charge in [0.1, 0.15) is 5.69 Å². The molecule has 0 aliphatic carbocycles. The van der Waals surface area contributed by atoms with Crippen molar-refractivity contribution in [3.63, 3.8) is 0 Å². The number of amides is 1. The standard InChI is InChI=1S/C15H24N4O.2C2HF3O2/c1-2-19-11-4-3-7-15(19)8-5-10-18(12-15)14(20)13-6-9-16-17-13;2*3-2(4,5)1(6)7/h6,9H,2-5,7-8,10-12H2,1H3,(H,16,17);2*(H,6,7). The number of likely N-dealkylation sites (N-methyl/N-ethyl adjacent to an activating group) is 1. The first-order chi connectivity index (χ1) is 15.6. The van der Waals surface area contributed by atoms with Crippen molar-refractivity contribution < 1.29 is 50.9 Å². The van der Waals surface area contributed by atoms with Crippen LogP contribution in [-0.2, 0) is 9.59 Å². The van der Waals surface area contributed by atoms with E-state index in [4.69, 9.17) is 19.8 Å². The summed E-state index contributed by atoms with van der Waals surface area (Å²) in [6.07, 6.45) is -2.36. The van der Waals surface area contributed by atoms with Crippen molar-refractivity contribution in [2.75, 3.05) is 26.2 Å². The number of aliphatic carboxylic acids is 2. The summed E-state index contributed by atoms with van der Waals surface area (Å²) in [6, 6.07) is 1.77. The normalized spacial score (nSPS) is 21.1. The number of hydrogen-bond donors (Lipinski definition) is 3. The Morgan fingerprint density at radius 1 is 1.00 bits per heavy atom. The maximum Gasteiger partial charge on any atom is 0.490 e. The molecule has 0 saturated carbocycles. The maximum absolute atomic E-state index is 12.5. The summed E-state index contributed by atoms with van der Waals surface area (Å²) in [7, 11) is 0. The summed E-state index contributed by atoms with van der Waals surface area (Å²) in [4.78, 5) is 34.9. The molecule has 1 aromatic rings. The van der Waals surface area contributed by atoms with Crippen LogP contribution in [0.3, 0.4) is 0 Å². The number of aromatic nitrogens is 2. The van der Waals surface area contributed by atoms with Crippen molar-refractivity contribution in [3.8, 4) is 0 Å². The lowest BCUT2D eigenvalue weighted by atomic mass is 9.79. The van der Waals surface area contributed by atoms with Gasteiger partial charge in [-0.15, -0.1) is 0 Å². The third kappa shape index (κ3) is 8.50. The lowest BCUT2D eigenvalue weighted by Crippen LogP contribution is -2.61. The topological polar surface area (TPSA) is 127 Å². The summed E-state index contributed by atoms with van der Waals surface area (Å²) in [5.74, 6) is -5.41. The van der Waals surface area contributed by atoms with Crippen LogP contribution >= 0.6 is 0 Å². The van der Waals surface area contributed by atoms with Crippen LogP contribution in [0.4, 0.5) is 26.3 Å². The number of carbonyl (C=O) groups excluding carboxylic acids is 1. The van der Waals surface area contributed by atoms with Gasteiger partial charge in [-0.25, -0.2) is 9.59 Å². The number of carboxylic acid groups (broad SMARTS) is 2. The Hall–Kier alpha value is -2.84. The zero-order chi connectivity index (χ0) is 26.2. The van der Waals surface area contributed by atoms with Crippen LogP contribution in [0.2, 0.25) is 0 Å². The Labute approximate surface area is 190 Å². The first-order valence-corrected chi connectivity index (χ1v) is 10.3. The molecule has 2 saturated heterocycles. The van der Waals surface area contributed by atoms with Gasteiger partial charge in [0.05, 0.1) is 0 Å². The highest BCUT2D eigenvalue weighted by molar-refractivity contribution is 5.92. The van der Waals surface area contributed by atoms with Gasteiger partial charge in [-0.2, -0.15) is 31.4 Å². The molecular formula is C19H26F6N4O5. The minimum atomic E-state index is -5.08. The number of alkyl halides is 6. The minimum absolute atomic E-state index is 0.100. The van der Waals surface area contributed by atoms with E-state index in [0.29, 0.717) is 5.69 Å². The zero-order valence-corrected chi connectivity index (χ0v) is 18.2. The largest absolute Gasteiger partial charge is 0.490 e. The van der Waals surface area contributed by atoms with Gasteiger partial charge >= 0.3 is 24.3 Å². The number of piperidine rings is 2. The van der Waals surface area contributed by atoms with E-state index in [9.17, 15) is 31.1 Å². The Balaban J connectivity index is 0.000000343. The van der Waals surface area contributed by atoms with Crippen molar-refractivity contribution >= 4 is 17.8 Å². The van der Waals surface area contributed by atoms with Crippen LogP contribution in [0.5, 0.6) is 0 Å². The van der Waals surface area contributed by atoms with Crippen LogP contribution < -0.4 is 0 Å².